The van der Waals surface area contributed by atoms with Gasteiger partial charge in [0.05, 0.1) is 12.2 Å². The molecule has 1 aliphatic carbocycles. The highest BCUT2D eigenvalue weighted by atomic mass is 16.4. The molecule has 15 heavy (non-hydrogen) atoms. The first kappa shape index (κ1) is 12.9. The third-order valence-corrected chi connectivity index (χ3v) is 3.87. The van der Waals surface area contributed by atoms with Crippen molar-refractivity contribution in [1.29, 1.82) is 0 Å². The number of aliphatic hydroxyl groups excluding tert-OH is 5. The van der Waals surface area contributed by atoms with Crippen LogP contribution in [0.2, 0.25) is 0 Å². The molecule has 0 radical (unpaired) electrons. The molecule has 0 aromatic heterocycles. The van der Waals surface area contributed by atoms with Gasteiger partial charge in [-0.3, -0.25) is 0 Å². The molecular weight excluding hydrogens is 200 g/mol. The lowest BCUT2D eigenvalue weighted by atomic mass is 9.62. The number of hydrogen-bond donors (Lipinski definition) is 5. The minimum atomic E-state index is -1.51. The number of aliphatic hydroxyl groups is 5. The van der Waals surface area contributed by atoms with Crippen molar-refractivity contribution in [3.05, 3.63) is 0 Å². The Balaban J connectivity index is 3.07. The Bertz CT molecular complexity index is 214. The summed E-state index contributed by atoms with van der Waals surface area (Å²) in [4.78, 5) is 0. The molecule has 5 heteroatoms. The highest BCUT2D eigenvalue weighted by molar-refractivity contribution is 5.06. The van der Waals surface area contributed by atoms with Crippen LogP contribution in [0.1, 0.15) is 20.8 Å². The third-order valence-electron chi connectivity index (χ3n) is 3.87. The molecule has 0 aromatic rings. The van der Waals surface area contributed by atoms with Crippen LogP contribution in [0.3, 0.4) is 0 Å². The third kappa shape index (κ3) is 1.68. The van der Waals surface area contributed by atoms with Crippen molar-refractivity contribution in [2.45, 2.75) is 51.3 Å². The summed E-state index contributed by atoms with van der Waals surface area (Å²) in [6.07, 6.45) is -6.90. The second-order valence-electron chi connectivity index (χ2n) is 4.88. The second kappa shape index (κ2) is 3.99. The van der Waals surface area contributed by atoms with Crippen molar-refractivity contribution in [2.75, 3.05) is 0 Å². The maximum Gasteiger partial charge on any atom is 0.111 e. The number of hydrogen-bond acceptors (Lipinski definition) is 5. The quantitative estimate of drug-likeness (QED) is 0.369. The van der Waals surface area contributed by atoms with E-state index in [-0.39, 0.29) is 5.92 Å². The van der Waals surface area contributed by atoms with Gasteiger partial charge in [-0.05, 0) is 5.92 Å². The maximum absolute atomic E-state index is 9.84. The van der Waals surface area contributed by atoms with E-state index < -0.39 is 35.9 Å². The monoisotopic (exact) mass is 220 g/mol. The Morgan fingerprint density at radius 2 is 1.13 bits per heavy atom. The van der Waals surface area contributed by atoms with Gasteiger partial charge in [-0.15, -0.1) is 0 Å². The molecule has 1 aliphatic rings. The summed E-state index contributed by atoms with van der Waals surface area (Å²) >= 11 is 0. The van der Waals surface area contributed by atoms with Crippen molar-refractivity contribution in [2.24, 2.45) is 11.3 Å². The lowest BCUT2D eigenvalue weighted by Gasteiger charge is -2.51. The van der Waals surface area contributed by atoms with Crippen molar-refractivity contribution in [3.8, 4) is 0 Å². The van der Waals surface area contributed by atoms with Gasteiger partial charge in [0.15, 0.2) is 0 Å². The van der Waals surface area contributed by atoms with Crippen LogP contribution in [0.25, 0.3) is 0 Å². The zero-order chi connectivity index (χ0) is 12.0. The summed E-state index contributed by atoms with van der Waals surface area (Å²) in [6, 6.07) is 0. The molecule has 1 rings (SSSR count). The van der Waals surface area contributed by atoms with Crippen LogP contribution < -0.4 is 0 Å². The Labute approximate surface area is 89.0 Å². The zero-order valence-corrected chi connectivity index (χ0v) is 9.20. The fourth-order valence-electron chi connectivity index (χ4n) is 2.17. The Hall–Kier alpha value is -0.200. The molecule has 1 fully saturated rings. The summed E-state index contributed by atoms with van der Waals surface area (Å²) < 4.78 is 0. The standard InChI is InChI=1S/C10H20O5/c1-4(2)10(3)8(14)6(12)5(11)7(13)9(10)15/h4-9,11-15H,1-3H3. The summed E-state index contributed by atoms with van der Waals surface area (Å²) in [5.41, 5.74) is -1.03. The zero-order valence-electron chi connectivity index (χ0n) is 9.20. The van der Waals surface area contributed by atoms with E-state index in [2.05, 4.69) is 0 Å². The number of rotatable bonds is 1. The average Bonchev–Trinajstić information content (AvgIpc) is 2.20. The van der Waals surface area contributed by atoms with Crippen LogP contribution in [0.4, 0.5) is 0 Å². The molecule has 90 valence electrons. The van der Waals surface area contributed by atoms with Crippen LogP contribution >= 0.6 is 0 Å². The highest BCUT2D eigenvalue weighted by Gasteiger charge is 2.56. The van der Waals surface area contributed by atoms with Crippen molar-refractivity contribution >= 4 is 0 Å². The molecule has 4 unspecified atom stereocenters. The minimum Gasteiger partial charge on any atom is -0.390 e. The predicted molar refractivity (Wildman–Crippen MR) is 53.0 cm³/mol. The normalized spacial score (nSPS) is 52.2. The van der Waals surface area contributed by atoms with Crippen LogP contribution in [-0.2, 0) is 0 Å². The molecule has 1 saturated carbocycles. The van der Waals surface area contributed by atoms with Gasteiger partial charge in [-0.2, -0.15) is 0 Å². The Morgan fingerprint density at radius 3 is 1.40 bits per heavy atom. The van der Waals surface area contributed by atoms with Crippen molar-refractivity contribution < 1.29 is 25.5 Å². The minimum absolute atomic E-state index is 0.140. The highest BCUT2D eigenvalue weighted by Crippen LogP contribution is 2.42. The Kier molecular flexibility index (Phi) is 3.42. The molecule has 0 heterocycles. The molecule has 4 atom stereocenters. The fourth-order valence-corrected chi connectivity index (χ4v) is 2.17. The van der Waals surface area contributed by atoms with Gasteiger partial charge in [0.2, 0.25) is 0 Å². The molecule has 0 saturated heterocycles. The van der Waals surface area contributed by atoms with E-state index in [4.69, 9.17) is 0 Å². The SMILES string of the molecule is CC(C)C1(C)C(O)C(O)C(O)C(O)C1O. The van der Waals surface area contributed by atoms with E-state index in [0.717, 1.165) is 0 Å². The van der Waals surface area contributed by atoms with Gasteiger partial charge in [-0.1, -0.05) is 20.8 Å². The summed E-state index contributed by atoms with van der Waals surface area (Å²) in [7, 11) is 0. The van der Waals surface area contributed by atoms with Gasteiger partial charge in [0.25, 0.3) is 0 Å². The van der Waals surface area contributed by atoms with Gasteiger partial charge in [0.1, 0.15) is 18.3 Å². The van der Waals surface area contributed by atoms with Crippen LogP contribution in [0.5, 0.6) is 0 Å². The van der Waals surface area contributed by atoms with E-state index in [1.54, 1.807) is 20.8 Å². The van der Waals surface area contributed by atoms with Crippen molar-refractivity contribution in [3.63, 3.8) is 0 Å². The second-order valence-corrected chi connectivity index (χ2v) is 4.88. The summed E-state index contributed by atoms with van der Waals surface area (Å²) in [5.74, 6) is -0.140. The molecule has 5 N–H and O–H groups in total. The van der Waals surface area contributed by atoms with Crippen LogP contribution in [0.15, 0.2) is 0 Å². The van der Waals surface area contributed by atoms with Crippen molar-refractivity contribution in [1.82, 2.24) is 0 Å². The molecule has 0 spiro atoms. The topological polar surface area (TPSA) is 101 Å². The fraction of sp³-hybridized carbons (Fsp3) is 1.00. The van der Waals surface area contributed by atoms with E-state index in [0.29, 0.717) is 0 Å². The summed E-state index contributed by atoms with van der Waals surface area (Å²) in [5, 5.41) is 48.2. The van der Waals surface area contributed by atoms with Crippen LogP contribution in [-0.4, -0.2) is 56.1 Å². The first-order valence-electron chi connectivity index (χ1n) is 5.15. The lowest BCUT2D eigenvalue weighted by Crippen LogP contribution is -2.67. The predicted octanol–water partition coefficient (Wildman–Crippen LogP) is -1.53. The van der Waals surface area contributed by atoms with E-state index in [1.807, 2.05) is 0 Å². The lowest BCUT2D eigenvalue weighted by molar-refractivity contribution is -0.246. The molecular formula is C10H20O5. The smallest absolute Gasteiger partial charge is 0.111 e. The van der Waals surface area contributed by atoms with Gasteiger partial charge in [0, 0.05) is 5.41 Å². The van der Waals surface area contributed by atoms with Gasteiger partial charge >= 0.3 is 0 Å². The maximum atomic E-state index is 9.84. The van der Waals surface area contributed by atoms with Gasteiger partial charge < -0.3 is 25.5 Å². The largest absolute Gasteiger partial charge is 0.390 e. The molecule has 5 nitrogen and oxygen atoms in total. The van der Waals surface area contributed by atoms with Crippen LogP contribution in [0, 0.1) is 11.3 Å². The molecule has 0 aromatic carbocycles. The molecule has 0 amide bonds. The van der Waals surface area contributed by atoms with Gasteiger partial charge in [-0.25, -0.2) is 0 Å². The Morgan fingerprint density at radius 1 is 0.800 bits per heavy atom. The molecule has 0 bridgehead atoms. The molecule has 0 aliphatic heterocycles. The average molecular weight is 220 g/mol. The first-order chi connectivity index (χ1) is 6.74. The van der Waals surface area contributed by atoms with E-state index in [9.17, 15) is 25.5 Å². The van der Waals surface area contributed by atoms with E-state index in [1.165, 1.54) is 0 Å². The van der Waals surface area contributed by atoms with E-state index >= 15 is 0 Å². The summed E-state index contributed by atoms with van der Waals surface area (Å²) in [6.45, 7) is 5.15. The first-order valence-corrected chi connectivity index (χ1v) is 5.15.